The molecule has 0 bridgehead atoms. The van der Waals surface area contributed by atoms with Gasteiger partial charge in [0.15, 0.2) is 0 Å². The first kappa shape index (κ1) is 8.51. The van der Waals surface area contributed by atoms with E-state index in [0.29, 0.717) is 0 Å². The van der Waals surface area contributed by atoms with Crippen LogP contribution in [0.15, 0.2) is 15.9 Å². The number of hydrogen-bond acceptors (Lipinski definition) is 3. The normalized spacial score (nSPS) is 10.7. The molecule has 0 aromatic carbocycles. The molecule has 0 amide bonds. The average Bonchev–Trinajstić information content (AvgIpc) is 2.60. The van der Waals surface area contributed by atoms with Crippen LogP contribution in [0.3, 0.4) is 0 Å². The van der Waals surface area contributed by atoms with Crippen LogP contribution in [0.4, 0.5) is 0 Å². The summed E-state index contributed by atoms with van der Waals surface area (Å²) in [6.45, 7) is 5.97. The first-order chi connectivity index (χ1) is 6.18. The minimum Gasteiger partial charge on any atom is -0.440 e. The van der Waals surface area contributed by atoms with E-state index in [1.165, 1.54) is 5.56 Å². The summed E-state index contributed by atoms with van der Waals surface area (Å²) in [5, 5.41) is 2.06. The standard InChI is InChI=1S/C10H11NOS/c1-6-4-5-13-9(6)10-11-7(2)8(3)12-10/h4-5H,1-3H3. The molecule has 2 rings (SSSR count). The zero-order valence-corrected chi connectivity index (χ0v) is 8.73. The number of hydrogen-bond donors (Lipinski definition) is 0. The van der Waals surface area contributed by atoms with Crippen molar-refractivity contribution in [3.8, 4) is 10.8 Å². The predicted octanol–water partition coefficient (Wildman–Crippen LogP) is 3.33. The molecular formula is C10H11NOS. The summed E-state index contributed by atoms with van der Waals surface area (Å²) in [5.41, 5.74) is 2.20. The number of thiophene rings is 1. The number of nitrogens with zero attached hydrogens (tertiary/aromatic N) is 1. The van der Waals surface area contributed by atoms with Gasteiger partial charge in [-0.05, 0) is 37.8 Å². The fourth-order valence-electron chi connectivity index (χ4n) is 1.16. The van der Waals surface area contributed by atoms with E-state index >= 15 is 0 Å². The monoisotopic (exact) mass is 193 g/mol. The predicted molar refractivity (Wildman–Crippen MR) is 54.0 cm³/mol. The van der Waals surface area contributed by atoms with Gasteiger partial charge in [-0.2, -0.15) is 0 Å². The Balaban J connectivity index is 2.53. The highest BCUT2D eigenvalue weighted by molar-refractivity contribution is 7.13. The molecule has 0 radical (unpaired) electrons. The zero-order chi connectivity index (χ0) is 9.42. The Bertz CT molecular complexity index is 408. The lowest BCUT2D eigenvalue weighted by molar-refractivity contribution is 0.542. The molecule has 0 spiro atoms. The van der Waals surface area contributed by atoms with Crippen molar-refractivity contribution >= 4 is 11.3 Å². The molecule has 2 nitrogen and oxygen atoms in total. The second kappa shape index (κ2) is 3.00. The van der Waals surface area contributed by atoms with E-state index in [-0.39, 0.29) is 0 Å². The van der Waals surface area contributed by atoms with Crippen molar-refractivity contribution in [1.82, 2.24) is 4.98 Å². The number of oxazole rings is 1. The van der Waals surface area contributed by atoms with Gasteiger partial charge in [0, 0.05) is 0 Å². The first-order valence-corrected chi connectivity index (χ1v) is 5.05. The fourth-order valence-corrected chi connectivity index (χ4v) is 2.01. The van der Waals surface area contributed by atoms with E-state index in [2.05, 4.69) is 23.4 Å². The molecule has 0 N–H and O–H groups in total. The third-order valence-electron chi connectivity index (χ3n) is 2.08. The van der Waals surface area contributed by atoms with Gasteiger partial charge in [-0.3, -0.25) is 0 Å². The van der Waals surface area contributed by atoms with Crippen molar-refractivity contribution in [3.63, 3.8) is 0 Å². The van der Waals surface area contributed by atoms with Crippen LogP contribution in [-0.4, -0.2) is 4.98 Å². The lowest BCUT2D eigenvalue weighted by Crippen LogP contribution is -1.75. The summed E-state index contributed by atoms with van der Waals surface area (Å²) in [4.78, 5) is 5.49. The minimum absolute atomic E-state index is 0.752. The van der Waals surface area contributed by atoms with Crippen molar-refractivity contribution in [2.24, 2.45) is 0 Å². The minimum atomic E-state index is 0.752. The lowest BCUT2D eigenvalue weighted by Gasteiger charge is -1.90. The lowest BCUT2D eigenvalue weighted by atomic mass is 10.3. The van der Waals surface area contributed by atoms with E-state index in [1.54, 1.807) is 11.3 Å². The molecule has 2 aromatic rings. The van der Waals surface area contributed by atoms with E-state index in [0.717, 1.165) is 22.2 Å². The largest absolute Gasteiger partial charge is 0.440 e. The fraction of sp³-hybridized carbons (Fsp3) is 0.300. The average molecular weight is 193 g/mol. The van der Waals surface area contributed by atoms with Crippen LogP contribution in [0, 0.1) is 20.8 Å². The number of aromatic nitrogens is 1. The molecule has 0 saturated heterocycles. The maximum atomic E-state index is 5.54. The van der Waals surface area contributed by atoms with Gasteiger partial charge >= 0.3 is 0 Å². The Kier molecular flexibility index (Phi) is 1.96. The van der Waals surface area contributed by atoms with Crippen LogP contribution in [0.5, 0.6) is 0 Å². The van der Waals surface area contributed by atoms with Gasteiger partial charge in [-0.15, -0.1) is 11.3 Å². The summed E-state index contributed by atoms with van der Waals surface area (Å²) in [5.74, 6) is 1.66. The maximum Gasteiger partial charge on any atom is 0.236 e. The van der Waals surface area contributed by atoms with Gasteiger partial charge in [-0.1, -0.05) is 0 Å². The van der Waals surface area contributed by atoms with E-state index < -0.39 is 0 Å². The highest BCUT2D eigenvalue weighted by atomic mass is 32.1. The smallest absolute Gasteiger partial charge is 0.236 e. The van der Waals surface area contributed by atoms with E-state index in [9.17, 15) is 0 Å². The maximum absolute atomic E-state index is 5.54. The Morgan fingerprint density at radius 1 is 1.31 bits per heavy atom. The molecule has 0 atom stereocenters. The summed E-state index contributed by atoms with van der Waals surface area (Å²) in [6.07, 6.45) is 0. The Hall–Kier alpha value is -1.09. The summed E-state index contributed by atoms with van der Waals surface area (Å²) >= 11 is 1.67. The molecule has 0 saturated carbocycles. The van der Waals surface area contributed by atoms with Crippen molar-refractivity contribution < 1.29 is 4.42 Å². The van der Waals surface area contributed by atoms with Crippen LogP contribution >= 0.6 is 11.3 Å². The molecule has 0 aliphatic heterocycles. The Morgan fingerprint density at radius 2 is 2.08 bits per heavy atom. The quantitative estimate of drug-likeness (QED) is 0.694. The SMILES string of the molecule is Cc1ccsc1-c1nc(C)c(C)o1. The summed E-state index contributed by atoms with van der Waals surface area (Å²) < 4.78 is 5.54. The van der Waals surface area contributed by atoms with Crippen molar-refractivity contribution in [1.29, 1.82) is 0 Å². The van der Waals surface area contributed by atoms with Gasteiger partial charge in [0.2, 0.25) is 5.89 Å². The van der Waals surface area contributed by atoms with E-state index in [1.807, 2.05) is 13.8 Å². The second-order valence-electron chi connectivity index (χ2n) is 3.09. The molecule has 0 unspecified atom stereocenters. The highest BCUT2D eigenvalue weighted by Crippen LogP contribution is 2.29. The number of aryl methyl sites for hydroxylation is 3. The third kappa shape index (κ3) is 1.40. The van der Waals surface area contributed by atoms with Gasteiger partial charge < -0.3 is 4.42 Å². The molecule has 0 aliphatic carbocycles. The number of rotatable bonds is 1. The van der Waals surface area contributed by atoms with Crippen molar-refractivity contribution in [2.45, 2.75) is 20.8 Å². The van der Waals surface area contributed by atoms with Gasteiger partial charge in [0.25, 0.3) is 0 Å². The van der Waals surface area contributed by atoms with E-state index in [4.69, 9.17) is 4.42 Å². The summed E-state index contributed by atoms with van der Waals surface area (Å²) in [6, 6.07) is 2.08. The first-order valence-electron chi connectivity index (χ1n) is 4.17. The van der Waals surface area contributed by atoms with Crippen LogP contribution in [-0.2, 0) is 0 Å². The Labute approximate surface area is 81.2 Å². The van der Waals surface area contributed by atoms with Gasteiger partial charge in [0.1, 0.15) is 5.76 Å². The van der Waals surface area contributed by atoms with Crippen molar-refractivity contribution in [3.05, 3.63) is 28.5 Å². The molecule has 2 heterocycles. The molecule has 0 aliphatic rings. The van der Waals surface area contributed by atoms with Gasteiger partial charge in [-0.25, -0.2) is 4.98 Å². The topological polar surface area (TPSA) is 26.0 Å². The van der Waals surface area contributed by atoms with Crippen LogP contribution in [0.25, 0.3) is 10.8 Å². The van der Waals surface area contributed by atoms with Crippen LogP contribution in [0.2, 0.25) is 0 Å². The molecular weight excluding hydrogens is 182 g/mol. The molecule has 0 fully saturated rings. The molecule has 68 valence electrons. The second-order valence-corrected chi connectivity index (χ2v) is 4.01. The molecule has 2 aromatic heterocycles. The third-order valence-corrected chi connectivity index (χ3v) is 3.09. The Morgan fingerprint density at radius 3 is 2.54 bits per heavy atom. The van der Waals surface area contributed by atoms with Crippen LogP contribution in [0.1, 0.15) is 17.0 Å². The molecule has 3 heteroatoms. The zero-order valence-electron chi connectivity index (χ0n) is 7.92. The van der Waals surface area contributed by atoms with Gasteiger partial charge in [0.05, 0.1) is 10.6 Å². The highest BCUT2D eigenvalue weighted by Gasteiger charge is 2.11. The van der Waals surface area contributed by atoms with Crippen molar-refractivity contribution in [2.75, 3.05) is 0 Å². The summed E-state index contributed by atoms with van der Waals surface area (Å²) in [7, 11) is 0. The molecule has 13 heavy (non-hydrogen) atoms. The van der Waals surface area contributed by atoms with Crippen LogP contribution < -0.4 is 0 Å².